The number of nitriles is 1. The van der Waals surface area contributed by atoms with Crippen molar-refractivity contribution in [3.8, 4) is 17.6 Å². The Balaban J connectivity index is 1.41. The highest BCUT2D eigenvalue weighted by Crippen LogP contribution is 2.73. The molecule has 0 radical (unpaired) electrons. The number of benzene rings is 3. The van der Waals surface area contributed by atoms with E-state index in [0.29, 0.717) is 17.9 Å². The second-order valence-electron chi connectivity index (χ2n) is 15.1. The zero-order valence-corrected chi connectivity index (χ0v) is 33.4. The van der Waals surface area contributed by atoms with Crippen LogP contribution in [0.15, 0.2) is 95.9 Å². The van der Waals surface area contributed by atoms with E-state index in [0.717, 1.165) is 16.7 Å². The van der Waals surface area contributed by atoms with Crippen LogP contribution in [0.5, 0.6) is 11.5 Å². The molecule has 1 unspecified atom stereocenters. The molecule has 1 saturated heterocycles. The summed E-state index contributed by atoms with van der Waals surface area (Å²) in [5, 5.41) is 9.41. The van der Waals surface area contributed by atoms with Crippen LogP contribution in [-0.4, -0.2) is 70.6 Å². The summed E-state index contributed by atoms with van der Waals surface area (Å²) in [6, 6.07) is 28.7. The van der Waals surface area contributed by atoms with Gasteiger partial charge in [-0.05, 0) is 87.4 Å². The molecule has 3 fully saturated rings. The van der Waals surface area contributed by atoms with Crippen LogP contribution in [0.1, 0.15) is 69.9 Å². The van der Waals surface area contributed by atoms with E-state index in [4.69, 9.17) is 33.7 Å². The third-order valence-electron chi connectivity index (χ3n) is 11.1. The maximum absolute atomic E-state index is 17.9. The van der Waals surface area contributed by atoms with E-state index >= 15 is 4.39 Å². The van der Waals surface area contributed by atoms with Crippen LogP contribution in [0.25, 0.3) is 0 Å². The zero-order valence-electron chi connectivity index (χ0n) is 32.5. The van der Waals surface area contributed by atoms with Crippen LogP contribution in [0.3, 0.4) is 0 Å². The summed E-state index contributed by atoms with van der Waals surface area (Å²) in [5.74, 6) is 1.01. The molecule has 0 amide bonds. The molecule has 1 aromatic heterocycles. The molecular formula is C42H49FN5O7P. The van der Waals surface area contributed by atoms with Gasteiger partial charge < -0.3 is 33.7 Å². The topological polar surface area (TPSA) is 143 Å². The highest BCUT2D eigenvalue weighted by atomic mass is 31.2. The quantitative estimate of drug-likeness (QED) is 0.0696. The molecule has 3 aliphatic rings. The van der Waals surface area contributed by atoms with Crippen LogP contribution in [-0.2, 0) is 24.1 Å². The van der Waals surface area contributed by atoms with Gasteiger partial charge in [0.25, 0.3) is 14.1 Å². The fraction of sp³-hybridized carbons (Fsp3) is 0.452. The summed E-state index contributed by atoms with van der Waals surface area (Å²) in [6.45, 7) is 8.23. The van der Waals surface area contributed by atoms with E-state index in [1.165, 1.54) is 16.8 Å². The molecule has 14 heteroatoms. The van der Waals surface area contributed by atoms with Gasteiger partial charge in [0.05, 0.1) is 33.3 Å². The van der Waals surface area contributed by atoms with E-state index in [1.807, 2.05) is 107 Å². The smallest absolute Gasteiger partial charge is 0.274 e. The average Bonchev–Trinajstić information content (AvgIpc) is 3.70. The Labute approximate surface area is 328 Å². The Morgan fingerprint density at radius 3 is 2.05 bits per heavy atom. The second-order valence-corrected chi connectivity index (χ2v) is 16.5. The third kappa shape index (κ3) is 6.87. The van der Waals surface area contributed by atoms with Gasteiger partial charge >= 0.3 is 0 Å². The number of nitrogen functional groups attached to an aromatic ring is 1. The normalized spacial score (nSPS) is 25.9. The molecular weight excluding hydrogens is 736 g/mol. The van der Waals surface area contributed by atoms with Gasteiger partial charge in [-0.3, -0.25) is 9.36 Å². The lowest BCUT2D eigenvalue weighted by Crippen LogP contribution is -2.52. The van der Waals surface area contributed by atoms with Crippen LogP contribution >= 0.6 is 8.53 Å². The number of fused-ring (bicyclic) bond motifs is 3. The van der Waals surface area contributed by atoms with E-state index in [2.05, 4.69) is 15.7 Å². The molecule has 296 valence electrons. The Morgan fingerprint density at radius 2 is 1.52 bits per heavy atom. The lowest BCUT2D eigenvalue weighted by atomic mass is 9.79. The zero-order chi connectivity index (χ0) is 39.8. The molecule has 0 spiro atoms. The van der Waals surface area contributed by atoms with Crippen molar-refractivity contribution < 1.29 is 32.4 Å². The number of ether oxygens (including phenoxy) is 4. The van der Waals surface area contributed by atoms with Crippen molar-refractivity contribution in [3.63, 3.8) is 0 Å². The number of aromatic nitrogens is 2. The Kier molecular flexibility index (Phi) is 11.3. The summed E-state index contributed by atoms with van der Waals surface area (Å²) in [6.07, 6.45) is -1.70. The van der Waals surface area contributed by atoms with Gasteiger partial charge in [-0.1, -0.05) is 54.6 Å². The first kappa shape index (κ1) is 39.8. The lowest BCUT2D eigenvalue weighted by molar-refractivity contribution is -0.161. The van der Waals surface area contributed by atoms with Gasteiger partial charge in [0, 0.05) is 24.3 Å². The van der Waals surface area contributed by atoms with Crippen LogP contribution < -0.4 is 20.8 Å². The maximum Gasteiger partial charge on any atom is 0.274 e. The average molecular weight is 786 g/mol. The number of rotatable bonds is 16. The molecule has 2 N–H and O–H groups in total. The summed E-state index contributed by atoms with van der Waals surface area (Å²) >= 11 is 0. The predicted octanol–water partition coefficient (Wildman–Crippen LogP) is 7.28. The molecule has 7 rings (SSSR count). The Hall–Kier alpha value is -4.41. The SMILES string of the molecule is COc1ccc(C(O[C@]23C[C@H]2C[C@@]2(OP(OCCC#N)N(C(C)C)C(C)C)[C@@H]3O[C@@H](n3ccc(=O)nc3N)[C@@H]2F)(c2ccccc2)c2ccc(OC)cc2)cc1. The predicted molar refractivity (Wildman–Crippen MR) is 210 cm³/mol. The van der Waals surface area contributed by atoms with Crippen molar-refractivity contribution in [2.24, 2.45) is 5.92 Å². The van der Waals surface area contributed by atoms with Gasteiger partial charge in [0.2, 0.25) is 5.95 Å². The molecule has 0 bridgehead atoms. The highest BCUT2D eigenvalue weighted by molar-refractivity contribution is 7.44. The monoisotopic (exact) mass is 785 g/mol. The number of nitrogens with zero attached hydrogens (tertiary/aromatic N) is 4. The first-order valence-electron chi connectivity index (χ1n) is 18.9. The first-order valence-corrected chi connectivity index (χ1v) is 20.0. The van der Waals surface area contributed by atoms with Crippen molar-refractivity contribution in [2.75, 3.05) is 26.6 Å². The fourth-order valence-electron chi connectivity index (χ4n) is 8.61. The molecule has 1 aliphatic heterocycles. The largest absolute Gasteiger partial charge is 0.497 e. The number of halogens is 1. The standard InChI is InChI=1S/C42H49FN5O7P/c1-27(2)48(28(3)4)56(52-24-10-22-44)55-41-26-32-25-40(32,38(41)53-37(36(41)43)47-23-21-35(49)46-39(47)45)54-42(29-11-8-7-9-12-29,30-13-17-33(50-5)18-14-30)31-15-19-34(51-6)20-16-31/h7-9,11-21,23,27-28,32,36-38H,10,24-26H2,1-6H3,(H2,45,46,49)/t32-,36-,37+,38+,40+,41-,56?/m0/s1. The minimum atomic E-state index is -1.92. The third-order valence-corrected chi connectivity index (χ3v) is 13.3. The summed E-state index contributed by atoms with van der Waals surface area (Å²) in [4.78, 5) is 16.1. The fourth-order valence-corrected chi connectivity index (χ4v) is 10.5. The number of hydrogen-bond acceptors (Lipinski definition) is 11. The van der Waals surface area contributed by atoms with Crippen molar-refractivity contribution >= 4 is 14.5 Å². The van der Waals surface area contributed by atoms with Gasteiger partial charge in [0.15, 0.2) is 12.4 Å². The summed E-state index contributed by atoms with van der Waals surface area (Å²) in [7, 11) is 1.32. The second kappa shape index (κ2) is 15.9. The first-order chi connectivity index (χ1) is 26.9. The van der Waals surface area contributed by atoms with Crippen LogP contribution in [0.2, 0.25) is 0 Å². The Morgan fingerprint density at radius 1 is 0.946 bits per heavy atom. The molecule has 3 aromatic carbocycles. The number of alkyl halides is 1. The number of anilines is 1. The maximum atomic E-state index is 17.9. The molecule has 12 nitrogen and oxygen atoms in total. The minimum Gasteiger partial charge on any atom is -0.497 e. The van der Waals surface area contributed by atoms with Gasteiger partial charge in [-0.25, -0.2) is 9.06 Å². The number of methoxy groups -OCH3 is 2. The molecule has 2 aliphatic carbocycles. The lowest BCUT2D eigenvalue weighted by Gasteiger charge is -2.44. The van der Waals surface area contributed by atoms with Crippen molar-refractivity contribution in [2.45, 2.75) is 94.3 Å². The minimum absolute atomic E-state index is 0.0370. The van der Waals surface area contributed by atoms with Crippen molar-refractivity contribution in [1.82, 2.24) is 14.2 Å². The van der Waals surface area contributed by atoms with Crippen molar-refractivity contribution in [3.05, 3.63) is 118 Å². The van der Waals surface area contributed by atoms with Gasteiger partial charge in [-0.2, -0.15) is 10.2 Å². The van der Waals surface area contributed by atoms with E-state index in [-0.39, 0.29) is 43.4 Å². The Bertz CT molecular complexity index is 2030. The van der Waals surface area contributed by atoms with Gasteiger partial charge in [-0.15, -0.1) is 0 Å². The molecule has 2 saturated carbocycles. The number of hydrogen-bond donors (Lipinski definition) is 1. The van der Waals surface area contributed by atoms with Crippen LogP contribution in [0.4, 0.5) is 10.3 Å². The summed E-state index contributed by atoms with van der Waals surface area (Å²) < 4.78 is 60.6. The van der Waals surface area contributed by atoms with E-state index in [1.54, 1.807) is 14.2 Å². The molecule has 56 heavy (non-hydrogen) atoms. The molecule has 4 aromatic rings. The molecule has 2 heterocycles. The van der Waals surface area contributed by atoms with E-state index in [9.17, 15) is 10.1 Å². The highest BCUT2D eigenvalue weighted by Gasteiger charge is 2.82. The summed E-state index contributed by atoms with van der Waals surface area (Å²) in [5.41, 5.74) is 4.34. The van der Waals surface area contributed by atoms with E-state index < -0.39 is 49.4 Å². The van der Waals surface area contributed by atoms with Gasteiger partial charge in [0.1, 0.15) is 34.4 Å². The molecule has 7 atom stereocenters. The van der Waals surface area contributed by atoms with Crippen molar-refractivity contribution in [1.29, 1.82) is 5.26 Å². The number of nitrogens with two attached hydrogens (primary N) is 1. The van der Waals surface area contributed by atoms with Crippen LogP contribution in [0, 0.1) is 17.2 Å².